The van der Waals surface area contributed by atoms with Gasteiger partial charge in [0.15, 0.2) is 17.4 Å². The molecule has 0 fully saturated rings. The van der Waals surface area contributed by atoms with Crippen LogP contribution in [0.5, 0.6) is 5.75 Å². The van der Waals surface area contributed by atoms with Crippen molar-refractivity contribution in [3.8, 4) is 11.4 Å². The van der Waals surface area contributed by atoms with Gasteiger partial charge in [-0.2, -0.15) is 0 Å². The molecular weight excluding hydrogens is 382 g/mol. The topological polar surface area (TPSA) is 68.5 Å². The highest BCUT2D eigenvalue weighted by molar-refractivity contribution is 6.35. The van der Waals surface area contributed by atoms with Crippen LogP contribution in [0.25, 0.3) is 16.6 Å². The van der Waals surface area contributed by atoms with Crippen LogP contribution in [-0.4, -0.2) is 15.8 Å². The minimum Gasteiger partial charge on any atom is -0.449 e. The minimum absolute atomic E-state index is 0.403. The first kappa shape index (κ1) is 17.7. The lowest BCUT2D eigenvalue weighted by Gasteiger charge is -2.15. The lowest BCUT2D eigenvalue weighted by Crippen LogP contribution is -2.17. The Hall–Kier alpha value is -3.07. The SMILES string of the molecule is O=C(O)Oc1cn(-c2ccc(F)cc2F)c2c(Cl)c(F)c(F)cc2c1=O. The number of aromatic nitrogens is 1. The molecule has 0 saturated heterocycles. The number of halogens is 5. The number of carboxylic acid groups (broad SMARTS) is 1. The number of hydrogen-bond acceptors (Lipinski definition) is 3. The van der Waals surface area contributed by atoms with E-state index in [0.29, 0.717) is 12.1 Å². The summed E-state index contributed by atoms with van der Waals surface area (Å²) in [5.74, 6) is -5.82. The molecule has 0 radical (unpaired) electrons. The van der Waals surface area contributed by atoms with E-state index in [2.05, 4.69) is 4.74 Å². The third-order valence-corrected chi connectivity index (χ3v) is 3.80. The van der Waals surface area contributed by atoms with Crippen LogP contribution in [-0.2, 0) is 0 Å². The molecule has 5 nitrogen and oxygen atoms in total. The summed E-state index contributed by atoms with van der Waals surface area (Å²) in [6.07, 6.45) is -1.13. The maximum absolute atomic E-state index is 14.2. The first-order valence-corrected chi connectivity index (χ1v) is 7.17. The van der Waals surface area contributed by atoms with Crippen molar-refractivity contribution in [2.75, 3.05) is 0 Å². The summed E-state index contributed by atoms with van der Waals surface area (Å²) in [7, 11) is 0. The molecule has 26 heavy (non-hydrogen) atoms. The van der Waals surface area contributed by atoms with Crippen molar-refractivity contribution in [3.63, 3.8) is 0 Å². The van der Waals surface area contributed by atoms with Crippen LogP contribution < -0.4 is 10.2 Å². The van der Waals surface area contributed by atoms with Crippen molar-refractivity contribution in [2.24, 2.45) is 0 Å². The van der Waals surface area contributed by atoms with Crippen molar-refractivity contribution in [1.29, 1.82) is 0 Å². The normalized spacial score (nSPS) is 11.0. The van der Waals surface area contributed by atoms with Crippen molar-refractivity contribution in [3.05, 3.63) is 69.0 Å². The number of fused-ring (bicyclic) bond motifs is 1. The molecule has 0 aliphatic carbocycles. The zero-order valence-electron chi connectivity index (χ0n) is 12.4. The Morgan fingerprint density at radius 1 is 1.12 bits per heavy atom. The monoisotopic (exact) mass is 387 g/mol. The van der Waals surface area contributed by atoms with Gasteiger partial charge in [-0.3, -0.25) is 4.79 Å². The Morgan fingerprint density at radius 2 is 1.81 bits per heavy atom. The molecule has 1 N–H and O–H groups in total. The number of rotatable bonds is 2. The number of carbonyl (C=O) groups is 1. The number of ether oxygens (including phenoxy) is 1. The van der Waals surface area contributed by atoms with Crippen molar-refractivity contribution in [1.82, 2.24) is 4.57 Å². The Labute approximate surface area is 146 Å². The number of nitrogens with zero attached hydrogens (tertiary/aromatic N) is 1. The Morgan fingerprint density at radius 3 is 2.42 bits per heavy atom. The maximum Gasteiger partial charge on any atom is 0.511 e. The van der Waals surface area contributed by atoms with Crippen LogP contribution in [0.4, 0.5) is 22.4 Å². The number of pyridine rings is 1. The zero-order valence-corrected chi connectivity index (χ0v) is 13.2. The second-order valence-corrected chi connectivity index (χ2v) is 5.42. The molecule has 3 rings (SSSR count). The van der Waals surface area contributed by atoms with Gasteiger partial charge in [0.2, 0.25) is 5.43 Å². The largest absolute Gasteiger partial charge is 0.511 e. The third-order valence-electron chi connectivity index (χ3n) is 3.46. The Bertz CT molecular complexity index is 1130. The quantitative estimate of drug-likeness (QED) is 0.405. The van der Waals surface area contributed by atoms with Crippen LogP contribution >= 0.6 is 11.6 Å². The van der Waals surface area contributed by atoms with Crippen molar-refractivity contribution < 1.29 is 32.2 Å². The third kappa shape index (κ3) is 2.86. The molecule has 2 aromatic carbocycles. The van der Waals surface area contributed by atoms with Crippen molar-refractivity contribution >= 4 is 28.7 Å². The standard InChI is InChI=1S/C16H6ClF4NO4/c17-12-13(21)9(20)4-7-14(12)22(5-11(15(7)23)26-16(24)25)10-2-1-6(18)3-8(10)19/h1-5H,(H,24,25). The summed E-state index contributed by atoms with van der Waals surface area (Å²) >= 11 is 5.77. The van der Waals surface area contributed by atoms with Gasteiger partial charge in [-0.25, -0.2) is 22.4 Å². The summed E-state index contributed by atoms with van der Waals surface area (Å²) in [6, 6.07) is 2.79. The summed E-state index contributed by atoms with van der Waals surface area (Å²) in [4.78, 5) is 23.0. The molecule has 10 heteroatoms. The van der Waals surface area contributed by atoms with E-state index in [1.165, 1.54) is 0 Å². The lowest BCUT2D eigenvalue weighted by molar-refractivity contribution is 0.144. The van der Waals surface area contributed by atoms with Crippen LogP contribution in [0, 0.1) is 23.3 Å². The van der Waals surface area contributed by atoms with Gasteiger partial charge in [0.25, 0.3) is 0 Å². The predicted octanol–water partition coefficient (Wildman–Crippen LogP) is 4.26. The van der Waals surface area contributed by atoms with E-state index >= 15 is 0 Å². The molecular formula is C16H6ClF4NO4. The van der Waals surface area contributed by atoms with Gasteiger partial charge in [-0.1, -0.05) is 11.6 Å². The Kier molecular flexibility index (Phi) is 4.33. The van der Waals surface area contributed by atoms with E-state index in [0.717, 1.165) is 22.9 Å². The van der Waals surface area contributed by atoms with Crippen LogP contribution in [0.2, 0.25) is 5.02 Å². The Balaban J connectivity index is 2.50. The van der Waals surface area contributed by atoms with Gasteiger partial charge in [0, 0.05) is 6.07 Å². The average Bonchev–Trinajstić information content (AvgIpc) is 2.55. The number of hydrogen-bond donors (Lipinski definition) is 1. The fourth-order valence-electron chi connectivity index (χ4n) is 2.40. The van der Waals surface area contributed by atoms with Crippen LogP contribution in [0.15, 0.2) is 35.3 Å². The molecule has 1 aromatic heterocycles. The smallest absolute Gasteiger partial charge is 0.449 e. The summed E-state index contributed by atoms with van der Waals surface area (Å²) in [5, 5.41) is 7.31. The van der Waals surface area contributed by atoms with Gasteiger partial charge in [-0.15, -0.1) is 0 Å². The van der Waals surface area contributed by atoms with Gasteiger partial charge >= 0.3 is 6.16 Å². The number of benzene rings is 2. The maximum atomic E-state index is 14.2. The summed E-state index contributed by atoms with van der Waals surface area (Å²) in [5.41, 5.74) is -1.96. The second kappa shape index (κ2) is 6.34. The molecule has 3 aromatic rings. The van der Waals surface area contributed by atoms with E-state index in [1.54, 1.807) is 0 Å². The molecule has 0 amide bonds. The highest BCUT2D eigenvalue weighted by Gasteiger charge is 2.22. The van der Waals surface area contributed by atoms with Gasteiger partial charge in [-0.05, 0) is 18.2 Å². The molecule has 0 atom stereocenters. The first-order valence-electron chi connectivity index (χ1n) is 6.79. The van der Waals surface area contributed by atoms with Gasteiger partial charge in [0.1, 0.15) is 16.7 Å². The molecule has 0 saturated carbocycles. The van der Waals surface area contributed by atoms with Gasteiger partial charge in [0.05, 0.1) is 22.8 Å². The van der Waals surface area contributed by atoms with Crippen LogP contribution in [0.1, 0.15) is 0 Å². The lowest BCUT2D eigenvalue weighted by atomic mass is 10.1. The fraction of sp³-hybridized carbons (Fsp3) is 0. The summed E-state index contributed by atoms with van der Waals surface area (Å²) < 4.78 is 59.9. The molecule has 0 spiro atoms. The summed E-state index contributed by atoms with van der Waals surface area (Å²) in [6.45, 7) is 0. The minimum atomic E-state index is -1.86. The highest BCUT2D eigenvalue weighted by Crippen LogP contribution is 2.31. The first-order chi connectivity index (χ1) is 12.2. The van der Waals surface area contributed by atoms with Crippen LogP contribution in [0.3, 0.4) is 0 Å². The highest BCUT2D eigenvalue weighted by atomic mass is 35.5. The molecule has 0 bridgehead atoms. The van der Waals surface area contributed by atoms with E-state index in [4.69, 9.17) is 16.7 Å². The van der Waals surface area contributed by atoms with E-state index < -0.39 is 62.2 Å². The van der Waals surface area contributed by atoms with E-state index in [-0.39, 0.29) is 0 Å². The second-order valence-electron chi connectivity index (χ2n) is 5.04. The van der Waals surface area contributed by atoms with Gasteiger partial charge < -0.3 is 14.4 Å². The molecule has 1 heterocycles. The average molecular weight is 388 g/mol. The molecule has 0 aliphatic heterocycles. The molecule has 0 aliphatic rings. The fourth-order valence-corrected chi connectivity index (χ4v) is 2.68. The molecule has 134 valence electrons. The van der Waals surface area contributed by atoms with E-state index in [1.807, 2.05) is 0 Å². The van der Waals surface area contributed by atoms with Crippen molar-refractivity contribution in [2.45, 2.75) is 0 Å². The molecule has 0 unspecified atom stereocenters. The predicted molar refractivity (Wildman–Crippen MR) is 83.0 cm³/mol. The van der Waals surface area contributed by atoms with E-state index in [9.17, 15) is 27.2 Å². The zero-order chi connectivity index (χ0) is 19.2.